The first-order chi connectivity index (χ1) is 11.0. The van der Waals surface area contributed by atoms with Crippen molar-refractivity contribution in [2.24, 2.45) is 0 Å². The third kappa shape index (κ3) is 2.99. The third-order valence-corrected chi connectivity index (χ3v) is 3.92. The van der Waals surface area contributed by atoms with Crippen molar-refractivity contribution in [3.63, 3.8) is 0 Å². The fourth-order valence-corrected chi connectivity index (χ4v) is 2.82. The Kier molecular flexibility index (Phi) is 3.94. The molecule has 1 aromatic heterocycles. The fourth-order valence-electron chi connectivity index (χ4n) is 2.82. The lowest BCUT2D eigenvalue weighted by molar-refractivity contribution is 0.0513. The van der Waals surface area contributed by atoms with Crippen LogP contribution in [0.1, 0.15) is 24.3 Å². The number of carbonyl (C=O) groups is 1. The van der Waals surface area contributed by atoms with E-state index < -0.39 is 5.97 Å². The summed E-state index contributed by atoms with van der Waals surface area (Å²) in [7, 11) is 0. The molecule has 120 valence electrons. The number of aromatic nitrogens is 1. The highest BCUT2D eigenvalue weighted by molar-refractivity contribution is 5.95. The van der Waals surface area contributed by atoms with Crippen molar-refractivity contribution >= 4 is 16.9 Å². The molecule has 1 N–H and O–H groups in total. The lowest BCUT2D eigenvalue weighted by Gasteiger charge is -2.30. The normalized spacial score (nSPS) is 19.8. The van der Waals surface area contributed by atoms with E-state index in [1.807, 2.05) is 35.9 Å². The number of benzene rings is 1. The Morgan fingerprint density at radius 3 is 2.87 bits per heavy atom. The van der Waals surface area contributed by atoms with Crippen LogP contribution < -0.4 is 5.32 Å². The number of allylic oxidation sites excluding steroid dienone is 2. The maximum absolute atomic E-state index is 13.5. The van der Waals surface area contributed by atoms with E-state index in [4.69, 9.17) is 4.74 Å². The smallest absolute Gasteiger partial charge is 0.354 e. The second-order valence-electron chi connectivity index (χ2n) is 5.82. The standard InChI is InChI=1S/C18H19FN2O2/c1-3-23-17(22)16-11-13-10-14(19)6-7-15(13)21(16)12-18(2)8-4-5-9-20-18/h4-11,20H,3,12H2,1-2H3. The van der Waals surface area contributed by atoms with Gasteiger partial charge in [0.15, 0.2) is 0 Å². The van der Waals surface area contributed by atoms with Gasteiger partial charge in [-0.15, -0.1) is 0 Å². The van der Waals surface area contributed by atoms with Crippen molar-refractivity contribution in [3.05, 3.63) is 60.2 Å². The Bertz CT molecular complexity index is 807. The number of rotatable bonds is 4. The average Bonchev–Trinajstić information content (AvgIpc) is 2.85. The van der Waals surface area contributed by atoms with E-state index in [1.165, 1.54) is 12.1 Å². The van der Waals surface area contributed by atoms with Gasteiger partial charge >= 0.3 is 5.97 Å². The molecule has 1 unspecified atom stereocenters. The highest BCUT2D eigenvalue weighted by Gasteiger charge is 2.25. The largest absolute Gasteiger partial charge is 0.461 e. The molecule has 4 nitrogen and oxygen atoms in total. The number of esters is 1. The van der Waals surface area contributed by atoms with Gasteiger partial charge in [-0.25, -0.2) is 9.18 Å². The molecule has 2 aromatic rings. The summed E-state index contributed by atoms with van der Waals surface area (Å²) in [5, 5.41) is 3.98. The van der Waals surface area contributed by atoms with Crippen LogP contribution in [0.15, 0.2) is 48.7 Å². The molecule has 0 saturated carbocycles. The predicted octanol–water partition coefficient (Wildman–Crippen LogP) is 3.39. The van der Waals surface area contributed by atoms with E-state index in [1.54, 1.807) is 19.1 Å². The zero-order valence-corrected chi connectivity index (χ0v) is 13.2. The second-order valence-corrected chi connectivity index (χ2v) is 5.82. The van der Waals surface area contributed by atoms with Gasteiger partial charge in [0.25, 0.3) is 0 Å². The average molecular weight is 314 g/mol. The van der Waals surface area contributed by atoms with Crippen LogP contribution >= 0.6 is 0 Å². The van der Waals surface area contributed by atoms with Gasteiger partial charge in [-0.2, -0.15) is 0 Å². The van der Waals surface area contributed by atoms with Crippen molar-refractivity contribution in [2.75, 3.05) is 6.61 Å². The van der Waals surface area contributed by atoms with E-state index in [-0.39, 0.29) is 11.4 Å². The minimum absolute atomic E-state index is 0.298. The number of fused-ring (bicyclic) bond motifs is 1. The molecule has 5 heteroatoms. The third-order valence-electron chi connectivity index (χ3n) is 3.92. The van der Waals surface area contributed by atoms with Crippen LogP contribution in [-0.2, 0) is 11.3 Å². The van der Waals surface area contributed by atoms with Crippen molar-refractivity contribution in [1.29, 1.82) is 0 Å². The Morgan fingerprint density at radius 2 is 2.17 bits per heavy atom. The molecule has 0 aliphatic carbocycles. The molecule has 1 atom stereocenters. The van der Waals surface area contributed by atoms with E-state index >= 15 is 0 Å². The zero-order valence-electron chi connectivity index (χ0n) is 13.2. The number of hydrogen-bond acceptors (Lipinski definition) is 3. The van der Waals surface area contributed by atoms with Gasteiger partial charge in [0, 0.05) is 17.4 Å². The molecule has 2 heterocycles. The molecule has 0 saturated heterocycles. The van der Waals surface area contributed by atoms with Crippen LogP contribution in [0, 0.1) is 5.82 Å². The number of nitrogens with one attached hydrogen (secondary N) is 1. The maximum Gasteiger partial charge on any atom is 0.354 e. The summed E-state index contributed by atoms with van der Waals surface area (Å²) in [5.74, 6) is -0.724. The molecule has 0 bridgehead atoms. The number of carbonyl (C=O) groups excluding carboxylic acids is 1. The molecular formula is C18H19FN2O2. The second kappa shape index (κ2) is 5.91. The SMILES string of the molecule is CCOC(=O)c1cc2cc(F)ccc2n1CC1(C)C=CC=CN1. The van der Waals surface area contributed by atoms with Gasteiger partial charge in [-0.1, -0.05) is 12.2 Å². The first kappa shape index (κ1) is 15.3. The minimum atomic E-state index is -0.400. The topological polar surface area (TPSA) is 43.3 Å². The molecule has 0 amide bonds. The van der Waals surface area contributed by atoms with Crippen LogP contribution in [-0.4, -0.2) is 22.7 Å². The fraction of sp³-hybridized carbons (Fsp3) is 0.278. The Hall–Kier alpha value is -2.56. The first-order valence-electron chi connectivity index (χ1n) is 7.60. The predicted molar refractivity (Wildman–Crippen MR) is 87.7 cm³/mol. The summed E-state index contributed by atoms with van der Waals surface area (Å²) >= 11 is 0. The van der Waals surface area contributed by atoms with Gasteiger partial charge in [0.05, 0.1) is 12.1 Å². The molecule has 0 spiro atoms. The van der Waals surface area contributed by atoms with Crippen molar-refractivity contribution < 1.29 is 13.9 Å². The molecule has 1 aromatic carbocycles. The quantitative estimate of drug-likeness (QED) is 0.880. The Labute approximate surface area is 134 Å². The molecule has 1 aliphatic rings. The highest BCUT2D eigenvalue weighted by Crippen LogP contribution is 2.25. The van der Waals surface area contributed by atoms with Gasteiger partial charge < -0.3 is 14.6 Å². The van der Waals surface area contributed by atoms with E-state index in [0.717, 1.165) is 5.52 Å². The molecular weight excluding hydrogens is 295 g/mol. The van der Waals surface area contributed by atoms with Crippen LogP contribution in [0.3, 0.4) is 0 Å². The summed E-state index contributed by atoms with van der Waals surface area (Å²) in [5.41, 5.74) is 0.898. The summed E-state index contributed by atoms with van der Waals surface area (Å²) in [6.07, 6.45) is 7.79. The summed E-state index contributed by atoms with van der Waals surface area (Å²) < 4.78 is 20.5. The van der Waals surface area contributed by atoms with Crippen molar-refractivity contribution in [1.82, 2.24) is 9.88 Å². The van der Waals surface area contributed by atoms with Gasteiger partial charge in [-0.3, -0.25) is 0 Å². The first-order valence-corrected chi connectivity index (χ1v) is 7.60. The highest BCUT2D eigenvalue weighted by atomic mass is 19.1. The summed E-state index contributed by atoms with van der Waals surface area (Å²) in [6.45, 7) is 4.63. The minimum Gasteiger partial charge on any atom is -0.461 e. The number of nitrogens with zero attached hydrogens (tertiary/aromatic N) is 1. The van der Waals surface area contributed by atoms with E-state index in [0.29, 0.717) is 24.2 Å². The summed E-state index contributed by atoms with van der Waals surface area (Å²) in [4.78, 5) is 12.3. The number of ether oxygens (including phenoxy) is 1. The van der Waals surface area contributed by atoms with E-state index in [9.17, 15) is 9.18 Å². The lowest BCUT2D eigenvalue weighted by atomic mass is 10.00. The van der Waals surface area contributed by atoms with Crippen LogP contribution in [0.4, 0.5) is 4.39 Å². The number of halogens is 1. The van der Waals surface area contributed by atoms with Crippen LogP contribution in [0.5, 0.6) is 0 Å². The van der Waals surface area contributed by atoms with E-state index in [2.05, 4.69) is 5.32 Å². The van der Waals surface area contributed by atoms with Crippen LogP contribution in [0.2, 0.25) is 0 Å². The maximum atomic E-state index is 13.5. The van der Waals surface area contributed by atoms with Crippen molar-refractivity contribution in [3.8, 4) is 0 Å². The van der Waals surface area contributed by atoms with Crippen LogP contribution in [0.25, 0.3) is 10.9 Å². The Balaban J connectivity index is 2.08. The number of hydrogen-bond donors (Lipinski definition) is 1. The Morgan fingerprint density at radius 1 is 1.35 bits per heavy atom. The molecule has 23 heavy (non-hydrogen) atoms. The number of dihydropyridines is 1. The lowest BCUT2D eigenvalue weighted by Crippen LogP contribution is -2.42. The van der Waals surface area contributed by atoms with Gasteiger partial charge in [0.2, 0.25) is 0 Å². The molecule has 0 radical (unpaired) electrons. The molecule has 3 rings (SSSR count). The molecule has 0 fully saturated rings. The van der Waals surface area contributed by atoms with Crippen molar-refractivity contribution in [2.45, 2.75) is 25.9 Å². The molecule has 1 aliphatic heterocycles. The zero-order chi connectivity index (χ0) is 16.4. The van der Waals surface area contributed by atoms with Gasteiger partial charge in [-0.05, 0) is 50.4 Å². The van der Waals surface area contributed by atoms with Gasteiger partial charge in [0.1, 0.15) is 11.5 Å². The monoisotopic (exact) mass is 314 g/mol. The summed E-state index contributed by atoms with van der Waals surface area (Å²) in [6, 6.07) is 6.21.